The third-order valence-electron chi connectivity index (χ3n) is 3.11. The summed E-state index contributed by atoms with van der Waals surface area (Å²) in [6, 6.07) is -0.533. The average molecular weight is 251 g/mol. The number of tetrazole rings is 1. The molecule has 18 heavy (non-hydrogen) atoms. The van der Waals surface area contributed by atoms with Gasteiger partial charge in [-0.25, -0.2) is 4.79 Å². The van der Waals surface area contributed by atoms with Crippen LogP contribution in [0.1, 0.15) is 17.0 Å². The van der Waals surface area contributed by atoms with E-state index in [-0.39, 0.29) is 12.4 Å². The number of hydrogen-bond acceptors (Lipinski definition) is 6. The Kier molecular flexibility index (Phi) is 2.06. The van der Waals surface area contributed by atoms with Gasteiger partial charge in [0.1, 0.15) is 5.54 Å². The van der Waals surface area contributed by atoms with Gasteiger partial charge in [-0.15, -0.1) is 10.2 Å². The number of nitrogens with one attached hydrogen (secondary N) is 3. The molecule has 10 heteroatoms. The monoisotopic (exact) mass is 251 g/mol. The summed E-state index contributed by atoms with van der Waals surface area (Å²) in [4.78, 5) is 36.2. The van der Waals surface area contributed by atoms with E-state index in [0.717, 1.165) is 0 Å². The molecule has 3 N–H and O–H groups in total. The molecule has 3 heterocycles. The quantitative estimate of drug-likeness (QED) is 0.477. The van der Waals surface area contributed by atoms with Gasteiger partial charge < -0.3 is 10.2 Å². The van der Waals surface area contributed by atoms with Crippen molar-refractivity contribution in [3.63, 3.8) is 0 Å². The van der Waals surface area contributed by atoms with Gasteiger partial charge in [0.15, 0.2) is 0 Å². The topological polar surface area (TPSA) is 133 Å². The van der Waals surface area contributed by atoms with Crippen molar-refractivity contribution in [1.29, 1.82) is 0 Å². The van der Waals surface area contributed by atoms with Gasteiger partial charge in [-0.1, -0.05) is 0 Å². The van der Waals surface area contributed by atoms with Crippen LogP contribution in [0.5, 0.6) is 0 Å². The van der Waals surface area contributed by atoms with Gasteiger partial charge >= 0.3 is 6.03 Å². The first-order valence-corrected chi connectivity index (χ1v) is 5.27. The molecule has 1 aromatic heterocycles. The number of urea groups is 1. The van der Waals surface area contributed by atoms with Crippen molar-refractivity contribution >= 4 is 17.8 Å². The predicted molar refractivity (Wildman–Crippen MR) is 54.1 cm³/mol. The SMILES string of the molecule is O=C1NC(=O)C2(CCN(C(=O)c3nn[nH]n3)C2)N1. The molecule has 94 valence electrons. The summed E-state index contributed by atoms with van der Waals surface area (Å²) < 4.78 is 0. The Balaban J connectivity index is 1.78. The van der Waals surface area contributed by atoms with Gasteiger partial charge in [0, 0.05) is 6.54 Å². The summed E-state index contributed by atoms with van der Waals surface area (Å²) in [5.41, 5.74) is -1.02. The van der Waals surface area contributed by atoms with Gasteiger partial charge in [-0.3, -0.25) is 14.9 Å². The molecular weight excluding hydrogens is 242 g/mol. The fourth-order valence-electron chi connectivity index (χ4n) is 2.19. The molecule has 10 nitrogen and oxygen atoms in total. The summed E-state index contributed by atoms with van der Waals surface area (Å²) in [6.07, 6.45) is 0.369. The lowest BCUT2D eigenvalue weighted by Crippen LogP contribution is -2.49. The zero-order valence-electron chi connectivity index (χ0n) is 9.13. The number of aromatic nitrogens is 4. The van der Waals surface area contributed by atoms with Crippen molar-refractivity contribution < 1.29 is 14.4 Å². The van der Waals surface area contributed by atoms with Crippen molar-refractivity contribution in [2.24, 2.45) is 0 Å². The van der Waals surface area contributed by atoms with Crippen molar-refractivity contribution in [3.8, 4) is 0 Å². The van der Waals surface area contributed by atoms with Crippen LogP contribution < -0.4 is 10.6 Å². The van der Waals surface area contributed by atoms with Crippen LogP contribution in [0.15, 0.2) is 0 Å². The maximum absolute atomic E-state index is 11.9. The lowest BCUT2D eigenvalue weighted by atomic mass is 10.00. The van der Waals surface area contributed by atoms with Gasteiger partial charge in [0.05, 0.1) is 6.54 Å². The Morgan fingerprint density at radius 3 is 2.83 bits per heavy atom. The van der Waals surface area contributed by atoms with Crippen LogP contribution in [-0.2, 0) is 4.79 Å². The van der Waals surface area contributed by atoms with Crippen LogP contribution in [0.4, 0.5) is 4.79 Å². The van der Waals surface area contributed by atoms with Gasteiger partial charge in [-0.05, 0) is 11.6 Å². The van der Waals surface area contributed by atoms with Crippen LogP contribution in [0, 0.1) is 0 Å². The van der Waals surface area contributed by atoms with E-state index >= 15 is 0 Å². The van der Waals surface area contributed by atoms with Crippen molar-refractivity contribution in [2.45, 2.75) is 12.0 Å². The number of nitrogens with zero attached hydrogens (tertiary/aromatic N) is 4. The summed E-state index contributed by atoms with van der Waals surface area (Å²) in [5, 5.41) is 17.4. The third kappa shape index (κ3) is 1.42. The summed E-state index contributed by atoms with van der Waals surface area (Å²) in [7, 11) is 0. The summed E-state index contributed by atoms with van der Waals surface area (Å²) in [5.74, 6) is -0.887. The van der Waals surface area contributed by atoms with Crippen LogP contribution >= 0.6 is 0 Å². The maximum atomic E-state index is 11.9. The Morgan fingerprint density at radius 1 is 1.39 bits per heavy atom. The molecule has 0 bridgehead atoms. The molecule has 1 spiro atoms. The number of imide groups is 1. The standard InChI is InChI=1S/C8H9N7O3/c16-5(4-11-13-14-12-4)15-2-1-8(3-15)6(17)9-7(18)10-8/h1-3H2,(H2,9,10,17,18)(H,11,12,13,14). The first-order valence-electron chi connectivity index (χ1n) is 5.27. The fraction of sp³-hybridized carbons (Fsp3) is 0.500. The molecule has 0 aliphatic carbocycles. The third-order valence-corrected chi connectivity index (χ3v) is 3.11. The van der Waals surface area contributed by atoms with Crippen molar-refractivity contribution in [2.75, 3.05) is 13.1 Å². The number of likely N-dealkylation sites (tertiary alicyclic amines) is 1. The first kappa shape index (κ1) is 10.6. The minimum absolute atomic E-state index is 0.0585. The average Bonchev–Trinajstić information content (AvgIpc) is 3.01. The Labute approximate surface area is 100 Å². The number of amides is 4. The molecule has 2 aliphatic heterocycles. The molecule has 2 aliphatic rings. The van der Waals surface area contributed by atoms with E-state index in [0.29, 0.717) is 13.0 Å². The number of aromatic amines is 1. The van der Waals surface area contributed by atoms with Crippen molar-refractivity contribution in [1.82, 2.24) is 36.2 Å². The highest BCUT2D eigenvalue weighted by atomic mass is 16.2. The maximum Gasteiger partial charge on any atom is 0.322 e. The highest BCUT2D eigenvalue weighted by molar-refractivity contribution is 6.08. The molecule has 2 fully saturated rings. The molecule has 1 atom stereocenters. The smallest absolute Gasteiger partial charge is 0.322 e. The van der Waals surface area contributed by atoms with Crippen LogP contribution in [0.3, 0.4) is 0 Å². The molecular formula is C8H9N7O3. The zero-order chi connectivity index (χ0) is 12.8. The summed E-state index contributed by atoms with van der Waals surface area (Å²) in [6.45, 7) is 0.457. The molecule has 4 amide bonds. The number of hydrogen-bond donors (Lipinski definition) is 3. The second kappa shape index (κ2) is 3.48. The molecule has 0 radical (unpaired) electrons. The molecule has 3 rings (SSSR count). The van der Waals surface area contributed by atoms with E-state index in [1.165, 1.54) is 4.90 Å². The number of rotatable bonds is 1. The molecule has 2 saturated heterocycles. The van der Waals surface area contributed by atoms with E-state index < -0.39 is 23.4 Å². The molecule has 0 saturated carbocycles. The van der Waals surface area contributed by atoms with E-state index in [4.69, 9.17) is 0 Å². The van der Waals surface area contributed by atoms with E-state index in [9.17, 15) is 14.4 Å². The number of carbonyl (C=O) groups excluding carboxylic acids is 3. The second-order valence-corrected chi connectivity index (χ2v) is 4.20. The highest BCUT2D eigenvalue weighted by Gasteiger charge is 2.52. The van der Waals surface area contributed by atoms with E-state index in [2.05, 4.69) is 31.3 Å². The van der Waals surface area contributed by atoms with Gasteiger partial charge in [-0.2, -0.15) is 5.21 Å². The molecule has 1 unspecified atom stereocenters. The summed E-state index contributed by atoms with van der Waals surface area (Å²) >= 11 is 0. The zero-order valence-corrected chi connectivity index (χ0v) is 9.13. The lowest BCUT2D eigenvalue weighted by molar-refractivity contribution is -0.123. The predicted octanol–water partition coefficient (Wildman–Crippen LogP) is -2.38. The molecule has 0 aromatic carbocycles. The first-order chi connectivity index (χ1) is 8.61. The highest BCUT2D eigenvalue weighted by Crippen LogP contribution is 2.25. The van der Waals surface area contributed by atoms with Crippen LogP contribution in [0.25, 0.3) is 0 Å². The van der Waals surface area contributed by atoms with Crippen molar-refractivity contribution in [3.05, 3.63) is 5.82 Å². The van der Waals surface area contributed by atoms with Gasteiger partial charge in [0.25, 0.3) is 17.6 Å². The van der Waals surface area contributed by atoms with Crippen LogP contribution in [-0.4, -0.2) is 62.0 Å². The minimum Gasteiger partial charge on any atom is -0.333 e. The Hall–Kier alpha value is -2.52. The normalized spacial score (nSPS) is 26.6. The van der Waals surface area contributed by atoms with Gasteiger partial charge in [0.2, 0.25) is 0 Å². The van der Waals surface area contributed by atoms with E-state index in [1.807, 2.05) is 0 Å². The Bertz CT molecular complexity index is 527. The van der Waals surface area contributed by atoms with E-state index in [1.54, 1.807) is 0 Å². The lowest BCUT2D eigenvalue weighted by Gasteiger charge is -2.19. The number of carbonyl (C=O) groups is 3. The largest absolute Gasteiger partial charge is 0.333 e. The fourth-order valence-corrected chi connectivity index (χ4v) is 2.19. The minimum atomic E-state index is -1.02. The second-order valence-electron chi connectivity index (χ2n) is 4.20. The Morgan fingerprint density at radius 2 is 2.22 bits per heavy atom. The number of H-pyrrole nitrogens is 1. The van der Waals surface area contributed by atoms with Crippen LogP contribution in [0.2, 0.25) is 0 Å². The molecule has 1 aromatic rings.